The molecule has 0 amide bonds. The first kappa shape index (κ1) is 19.5. The van der Waals surface area contributed by atoms with E-state index < -0.39 is 0 Å². The van der Waals surface area contributed by atoms with Gasteiger partial charge in [-0.15, -0.1) is 6.58 Å². The van der Waals surface area contributed by atoms with E-state index in [4.69, 9.17) is 21.7 Å². The van der Waals surface area contributed by atoms with E-state index in [1.54, 1.807) is 12.3 Å². The number of nitrogens with one attached hydrogen (secondary N) is 2. The molecule has 0 aromatic heterocycles. The summed E-state index contributed by atoms with van der Waals surface area (Å²) in [6, 6.07) is 15.6. The molecule has 0 radical (unpaired) electrons. The molecule has 136 valence electrons. The van der Waals surface area contributed by atoms with Crippen LogP contribution in [0, 0.1) is 6.92 Å². The molecule has 2 rings (SSSR count). The van der Waals surface area contributed by atoms with Gasteiger partial charge in [0, 0.05) is 6.54 Å². The van der Waals surface area contributed by atoms with Crippen LogP contribution in [0.4, 0.5) is 0 Å². The fourth-order valence-corrected chi connectivity index (χ4v) is 2.14. The Morgan fingerprint density at radius 2 is 1.85 bits per heavy atom. The maximum atomic E-state index is 5.72. The summed E-state index contributed by atoms with van der Waals surface area (Å²) in [7, 11) is 0. The standard InChI is InChI=1S/C20H23N3O2S/c1-3-11-21-20(26)23-22-15-17-5-4-6-19(14-17)25-13-12-24-18-9-7-16(2)8-10-18/h3-10,14-15H,1,11-13H2,2H3,(H2,21,23,26)/b22-15-. The molecule has 0 saturated carbocycles. The van der Waals surface area contributed by atoms with Gasteiger partial charge in [0.15, 0.2) is 5.11 Å². The van der Waals surface area contributed by atoms with Crippen molar-refractivity contribution < 1.29 is 9.47 Å². The minimum atomic E-state index is 0.446. The molecule has 0 aliphatic carbocycles. The Morgan fingerprint density at radius 1 is 1.12 bits per heavy atom. The number of benzene rings is 2. The van der Waals surface area contributed by atoms with Crippen molar-refractivity contribution in [3.8, 4) is 11.5 Å². The molecule has 0 aliphatic rings. The zero-order valence-corrected chi connectivity index (χ0v) is 15.6. The van der Waals surface area contributed by atoms with Crippen LogP contribution in [-0.4, -0.2) is 31.1 Å². The van der Waals surface area contributed by atoms with Crippen LogP contribution in [0.15, 0.2) is 66.3 Å². The number of aryl methyl sites for hydroxylation is 1. The SMILES string of the molecule is C=CCNC(=S)N/N=C\c1cccc(OCCOc2ccc(C)cc2)c1. The zero-order chi connectivity index (χ0) is 18.6. The Labute approximate surface area is 159 Å². The normalized spacial score (nSPS) is 10.3. The molecular formula is C20H23N3O2S. The summed E-state index contributed by atoms with van der Waals surface area (Å²) in [6.07, 6.45) is 3.40. The average molecular weight is 369 g/mol. The van der Waals surface area contributed by atoms with E-state index in [0.29, 0.717) is 24.9 Å². The first-order valence-corrected chi connectivity index (χ1v) is 8.68. The van der Waals surface area contributed by atoms with E-state index in [1.807, 2.05) is 55.5 Å². The Morgan fingerprint density at radius 3 is 2.58 bits per heavy atom. The maximum Gasteiger partial charge on any atom is 0.187 e. The van der Waals surface area contributed by atoms with Crippen molar-refractivity contribution in [2.24, 2.45) is 5.10 Å². The molecule has 0 saturated heterocycles. The fraction of sp³-hybridized carbons (Fsp3) is 0.200. The quantitative estimate of drug-likeness (QED) is 0.233. The van der Waals surface area contributed by atoms with Crippen LogP contribution in [0.2, 0.25) is 0 Å². The van der Waals surface area contributed by atoms with Gasteiger partial charge in [-0.1, -0.05) is 35.9 Å². The Kier molecular flexibility index (Phi) is 8.15. The van der Waals surface area contributed by atoms with Crippen molar-refractivity contribution in [2.75, 3.05) is 19.8 Å². The number of rotatable bonds is 9. The van der Waals surface area contributed by atoms with Crippen LogP contribution < -0.4 is 20.2 Å². The van der Waals surface area contributed by atoms with E-state index in [1.165, 1.54) is 5.56 Å². The molecule has 2 aromatic carbocycles. The minimum Gasteiger partial charge on any atom is -0.490 e. The predicted octanol–water partition coefficient (Wildman–Crippen LogP) is 3.44. The monoisotopic (exact) mass is 369 g/mol. The summed E-state index contributed by atoms with van der Waals surface area (Å²) in [4.78, 5) is 0. The number of hydrogen-bond donors (Lipinski definition) is 2. The van der Waals surface area contributed by atoms with Gasteiger partial charge in [-0.2, -0.15) is 5.10 Å². The third-order valence-corrected chi connectivity index (χ3v) is 3.52. The summed E-state index contributed by atoms with van der Waals surface area (Å²) in [5, 5.41) is 7.46. The van der Waals surface area contributed by atoms with Crippen molar-refractivity contribution in [3.63, 3.8) is 0 Å². The summed E-state index contributed by atoms with van der Waals surface area (Å²) >= 11 is 5.06. The molecule has 0 unspecified atom stereocenters. The first-order valence-electron chi connectivity index (χ1n) is 8.27. The molecule has 26 heavy (non-hydrogen) atoms. The maximum absolute atomic E-state index is 5.72. The third kappa shape index (κ3) is 7.36. The summed E-state index contributed by atoms with van der Waals surface area (Å²) in [5.41, 5.74) is 4.85. The second-order valence-corrected chi connectivity index (χ2v) is 5.86. The van der Waals surface area contributed by atoms with Gasteiger partial charge in [-0.3, -0.25) is 5.43 Å². The van der Waals surface area contributed by atoms with Crippen molar-refractivity contribution in [1.29, 1.82) is 0 Å². The summed E-state index contributed by atoms with van der Waals surface area (Å²) in [5.74, 6) is 1.60. The van der Waals surface area contributed by atoms with Crippen molar-refractivity contribution in [3.05, 3.63) is 72.3 Å². The Balaban J connectivity index is 1.74. The highest BCUT2D eigenvalue weighted by molar-refractivity contribution is 7.80. The lowest BCUT2D eigenvalue weighted by Crippen LogP contribution is -2.31. The predicted molar refractivity (Wildman–Crippen MR) is 110 cm³/mol. The van der Waals surface area contributed by atoms with Crippen molar-refractivity contribution >= 4 is 23.5 Å². The zero-order valence-electron chi connectivity index (χ0n) is 14.8. The molecule has 5 nitrogen and oxygen atoms in total. The molecule has 0 spiro atoms. The van der Waals surface area contributed by atoms with Gasteiger partial charge >= 0.3 is 0 Å². The van der Waals surface area contributed by atoms with Crippen LogP contribution >= 0.6 is 12.2 Å². The lowest BCUT2D eigenvalue weighted by molar-refractivity contribution is 0.217. The van der Waals surface area contributed by atoms with Gasteiger partial charge in [-0.05, 0) is 49.0 Å². The molecule has 0 heterocycles. The largest absolute Gasteiger partial charge is 0.490 e. The second kappa shape index (κ2) is 10.9. The number of thiocarbonyl (C=S) groups is 1. The molecule has 6 heteroatoms. The van der Waals surface area contributed by atoms with Crippen LogP contribution in [0.25, 0.3) is 0 Å². The highest BCUT2D eigenvalue weighted by Gasteiger charge is 1.97. The van der Waals surface area contributed by atoms with Gasteiger partial charge in [0.25, 0.3) is 0 Å². The smallest absolute Gasteiger partial charge is 0.187 e. The van der Waals surface area contributed by atoms with Gasteiger partial charge < -0.3 is 14.8 Å². The van der Waals surface area contributed by atoms with E-state index >= 15 is 0 Å². The van der Waals surface area contributed by atoms with Crippen LogP contribution in [-0.2, 0) is 0 Å². The molecule has 0 bridgehead atoms. The van der Waals surface area contributed by atoms with Gasteiger partial charge in [-0.25, -0.2) is 0 Å². The number of hydrogen-bond acceptors (Lipinski definition) is 4. The van der Waals surface area contributed by atoms with Gasteiger partial charge in [0.2, 0.25) is 0 Å². The van der Waals surface area contributed by atoms with E-state index in [2.05, 4.69) is 22.4 Å². The lowest BCUT2D eigenvalue weighted by Gasteiger charge is -2.09. The molecule has 0 atom stereocenters. The van der Waals surface area contributed by atoms with E-state index in [9.17, 15) is 0 Å². The molecule has 2 N–H and O–H groups in total. The minimum absolute atomic E-state index is 0.446. The van der Waals surface area contributed by atoms with Crippen LogP contribution in [0.5, 0.6) is 11.5 Å². The average Bonchev–Trinajstić information content (AvgIpc) is 2.65. The Hall–Kier alpha value is -2.86. The van der Waals surface area contributed by atoms with E-state index in [-0.39, 0.29) is 0 Å². The molecule has 0 fully saturated rings. The number of ether oxygens (including phenoxy) is 2. The third-order valence-electron chi connectivity index (χ3n) is 3.29. The fourth-order valence-electron chi connectivity index (χ4n) is 2.01. The highest BCUT2D eigenvalue weighted by atomic mass is 32.1. The van der Waals surface area contributed by atoms with Crippen LogP contribution in [0.3, 0.4) is 0 Å². The van der Waals surface area contributed by atoms with Gasteiger partial charge in [0.05, 0.1) is 6.21 Å². The molecule has 2 aromatic rings. The van der Waals surface area contributed by atoms with Gasteiger partial charge in [0.1, 0.15) is 24.7 Å². The highest BCUT2D eigenvalue weighted by Crippen LogP contribution is 2.13. The summed E-state index contributed by atoms with van der Waals surface area (Å²) < 4.78 is 11.4. The van der Waals surface area contributed by atoms with Crippen molar-refractivity contribution in [1.82, 2.24) is 10.7 Å². The lowest BCUT2D eigenvalue weighted by atomic mass is 10.2. The topological polar surface area (TPSA) is 54.9 Å². The Bertz CT molecular complexity index is 745. The number of hydrazone groups is 1. The molecular weight excluding hydrogens is 346 g/mol. The first-order chi connectivity index (χ1) is 12.7. The summed E-state index contributed by atoms with van der Waals surface area (Å²) in [6.45, 7) is 7.19. The van der Waals surface area contributed by atoms with Crippen molar-refractivity contribution in [2.45, 2.75) is 6.92 Å². The number of nitrogens with zero attached hydrogens (tertiary/aromatic N) is 1. The van der Waals surface area contributed by atoms with Crippen LogP contribution in [0.1, 0.15) is 11.1 Å². The van der Waals surface area contributed by atoms with E-state index in [0.717, 1.165) is 17.1 Å². The molecule has 0 aliphatic heterocycles. The second-order valence-electron chi connectivity index (χ2n) is 5.45.